The number of halogens is 1. The summed E-state index contributed by atoms with van der Waals surface area (Å²) in [6.45, 7) is 9.51. The predicted molar refractivity (Wildman–Crippen MR) is 136 cm³/mol. The molecule has 1 aromatic heterocycles. The van der Waals surface area contributed by atoms with E-state index in [1.807, 2.05) is 32.9 Å². The molecule has 35 heavy (non-hydrogen) atoms. The fourth-order valence-corrected chi connectivity index (χ4v) is 4.96. The number of benzene rings is 2. The number of aromatic nitrogens is 1. The van der Waals surface area contributed by atoms with Gasteiger partial charge in [0.1, 0.15) is 17.3 Å². The number of ether oxygens (including phenoxy) is 3. The Morgan fingerprint density at radius 1 is 1.11 bits per heavy atom. The fraction of sp³-hybridized carbons (Fsp3) is 0.385. The van der Waals surface area contributed by atoms with Crippen LogP contribution in [0.3, 0.4) is 0 Å². The van der Waals surface area contributed by atoms with E-state index in [-0.39, 0.29) is 18.1 Å². The highest BCUT2D eigenvalue weighted by atomic mass is 32.1. The summed E-state index contributed by atoms with van der Waals surface area (Å²) in [6, 6.07) is 9.90. The van der Waals surface area contributed by atoms with E-state index >= 15 is 0 Å². The molecule has 1 saturated heterocycles. The van der Waals surface area contributed by atoms with Crippen LogP contribution in [-0.4, -0.2) is 50.4 Å². The van der Waals surface area contributed by atoms with E-state index in [0.29, 0.717) is 49.3 Å². The van der Waals surface area contributed by atoms with Crippen molar-refractivity contribution in [3.63, 3.8) is 0 Å². The summed E-state index contributed by atoms with van der Waals surface area (Å²) in [5.74, 6) is 0.771. The summed E-state index contributed by atoms with van der Waals surface area (Å²) < 4.78 is 30.7. The van der Waals surface area contributed by atoms with Gasteiger partial charge < -0.3 is 24.4 Å². The summed E-state index contributed by atoms with van der Waals surface area (Å²) in [5.41, 5.74) is 2.96. The number of carbonyl (C=O) groups excluding carboxylic acids is 1. The highest BCUT2D eigenvalue weighted by Crippen LogP contribution is 2.39. The highest BCUT2D eigenvalue weighted by molar-refractivity contribution is 7.12. The molecule has 1 aliphatic heterocycles. The van der Waals surface area contributed by atoms with E-state index in [1.54, 1.807) is 12.1 Å². The minimum Gasteiger partial charge on any atom is -0.492 e. The second-order valence-corrected chi connectivity index (χ2v) is 9.31. The number of hydrogen-bond donors (Lipinski definition) is 1. The van der Waals surface area contributed by atoms with Crippen LogP contribution in [-0.2, 0) is 16.0 Å². The maximum Gasteiger partial charge on any atom is 0.229 e. The first-order valence-corrected chi connectivity index (χ1v) is 12.6. The predicted octanol–water partition coefficient (Wildman–Crippen LogP) is 5.07. The minimum atomic E-state index is -0.311. The number of morpholine rings is 1. The molecule has 0 atom stereocenters. The molecule has 4 rings (SSSR count). The molecule has 0 spiro atoms. The monoisotopic (exact) mass is 499 g/mol. The van der Waals surface area contributed by atoms with Crippen molar-refractivity contribution in [2.45, 2.75) is 27.2 Å². The third-order valence-corrected chi connectivity index (χ3v) is 6.50. The second kappa shape index (κ2) is 11.5. The van der Waals surface area contributed by atoms with E-state index in [0.717, 1.165) is 34.2 Å². The lowest BCUT2D eigenvalue weighted by atomic mass is 10.1. The van der Waals surface area contributed by atoms with Gasteiger partial charge in [-0.2, -0.15) is 0 Å². The van der Waals surface area contributed by atoms with E-state index in [2.05, 4.69) is 15.2 Å². The fourth-order valence-electron chi connectivity index (χ4n) is 4.01. The Hall–Kier alpha value is -3.17. The molecule has 2 aromatic carbocycles. The Morgan fingerprint density at radius 2 is 1.80 bits per heavy atom. The van der Waals surface area contributed by atoms with Crippen LogP contribution in [0.25, 0.3) is 11.3 Å². The molecule has 1 aliphatic rings. The zero-order valence-electron chi connectivity index (χ0n) is 20.2. The zero-order chi connectivity index (χ0) is 24.8. The van der Waals surface area contributed by atoms with Crippen molar-refractivity contribution in [3.05, 3.63) is 52.1 Å². The van der Waals surface area contributed by atoms with Gasteiger partial charge in [0, 0.05) is 35.7 Å². The van der Waals surface area contributed by atoms with Gasteiger partial charge in [0.15, 0.2) is 0 Å². The van der Waals surface area contributed by atoms with Crippen molar-refractivity contribution in [2.75, 3.05) is 49.7 Å². The normalized spacial score (nSPS) is 13.5. The number of nitrogens with zero attached hydrogens (tertiary/aromatic N) is 2. The van der Waals surface area contributed by atoms with Crippen molar-refractivity contribution in [1.29, 1.82) is 0 Å². The van der Waals surface area contributed by atoms with Gasteiger partial charge in [-0.05, 0) is 45.0 Å². The summed E-state index contributed by atoms with van der Waals surface area (Å²) in [4.78, 5) is 20.7. The van der Waals surface area contributed by atoms with Crippen LogP contribution in [0.15, 0.2) is 36.4 Å². The molecule has 1 fully saturated rings. The lowest BCUT2D eigenvalue weighted by molar-refractivity contribution is -0.115. The number of carbonyl (C=O) groups is 1. The number of nitrogens with one attached hydrogen (secondary N) is 1. The van der Waals surface area contributed by atoms with E-state index in [4.69, 9.17) is 14.2 Å². The molecule has 0 saturated carbocycles. The van der Waals surface area contributed by atoms with Crippen molar-refractivity contribution in [2.24, 2.45) is 0 Å². The Bertz CT molecular complexity index is 1160. The minimum absolute atomic E-state index is 0.138. The Balaban J connectivity index is 1.59. The SMILES string of the molecule is CCOc1cc(N2CCOCC2)c(OCC)cc1NC(=O)Cc1sc(C)nc1-c1ccc(F)cc1. The molecular formula is C26H30FN3O4S. The third kappa shape index (κ3) is 6.10. The molecule has 1 N–H and O–H groups in total. The molecule has 0 unspecified atom stereocenters. The van der Waals surface area contributed by atoms with Crippen molar-refractivity contribution >= 4 is 28.6 Å². The number of aryl methyl sites for hydroxylation is 1. The van der Waals surface area contributed by atoms with Gasteiger partial charge in [0.2, 0.25) is 5.91 Å². The number of amides is 1. The maximum absolute atomic E-state index is 13.4. The van der Waals surface area contributed by atoms with Gasteiger partial charge in [-0.25, -0.2) is 9.37 Å². The Morgan fingerprint density at radius 3 is 2.49 bits per heavy atom. The van der Waals surface area contributed by atoms with Gasteiger partial charge in [-0.15, -0.1) is 11.3 Å². The second-order valence-electron chi connectivity index (χ2n) is 8.02. The molecule has 0 aliphatic carbocycles. The molecule has 1 amide bonds. The molecule has 9 heteroatoms. The molecule has 7 nitrogen and oxygen atoms in total. The number of thiazole rings is 1. The lowest BCUT2D eigenvalue weighted by Crippen LogP contribution is -2.36. The van der Waals surface area contributed by atoms with E-state index < -0.39 is 0 Å². The van der Waals surface area contributed by atoms with Crippen LogP contribution in [0.5, 0.6) is 11.5 Å². The first kappa shape index (κ1) is 24.9. The van der Waals surface area contributed by atoms with Gasteiger partial charge in [-0.1, -0.05) is 0 Å². The average Bonchev–Trinajstić information content (AvgIpc) is 3.21. The van der Waals surface area contributed by atoms with Crippen LogP contribution in [0.2, 0.25) is 0 Å². The highest BCUT2D eigenvalue weighted by Gasteiger charge is 2.21. The summed E-state index contributed by atoms with van der Waals surface area (Å²) >= 11 is 1.46. The summed E-state index contributed by atoms with van der Waals surface area (Å²) in [5, 5.41) is 3.84. The van der Waals surface area contributed by atoms with Crippen molar-refractivity contribution < 1.29 is 23.4 Å². The number of anilines is 2. The van der Waals surface area contributed by atoms with Crippen LogP contribution in [0.1, 0.15) is 23.7 Å². The first-order valence-electron chi connectivity index (χ1n) is 11.8. The smallest absolute Gasteiger partial charge is 0.229 e. The molecule has 186 valence electrons. The Kier molecular flexibility index (Phi) is 8.20. The van der Waals surface area contributed by atoms with Crippen molar-refractivity contribution in [3.8, 4) is 22.8 Å². The van der Waals surface area contributed by atoms with Gasteiger partial charge in [0.25, 0.3) is 0 Å². The summed E-state index contributed by atoms with van der Waals surface area (Å²) in [7, 11) is 0. The average molecular weight is 500 g/mol. The molecule has 0 bridgehead atoms. The Labute approximate surface area is 208 Å². The third-order valence-electron chi connectivity index (χ3n) is 5.53. The van der Waals surface area contributed by atoms with Crippen LogP contribution >= 0.6 is 11.3 Å². The zero-order valence-corrected chi connectivity index (χ0v) is 21.0. The molecule has 2 heterocycles. The van der Waals surface area contributed by atoms with Gasteiger partial charge >= 0.3 is 0 Å². The number of hydrogen-bond acceptors (Lipinski definition) is 7. The number of rotatable bonds is 9. The van der Waals surface area contributed by atoms with Gasteiger partial charge in [0.05, 0.1) is 54.9 Å². The largest absolute Gasteiger partial charge is 0.492 e. The van der Waals surface area contributed by atoms with Gasteiger partial charge in [-0.3, -0.25) is 4.79 Å². The first-order chi connectivity index (χ1) is 17.0. The topological polar surface area (TPSA) is 72.9 Å². The van der Waals surface area contributed by atoms with Crippen LogP contribution < -0.4 is 19.7 Å². The lowest BCUT2D eigenvalue weighted by Gasteiger charge is -2.31. The van der Waals surface area contributed by atoms with E-state index in [9.17, 15) is 9.18 Å². The summed E-state index contributed by atoms with van der Waals surface area (Å²) in [6.07, 6.45) is 0.138. The maximum atomic E-state index is 13.4. The van der Waals surface area contributed by atoms with Crippen LogP contribution in [0.4, 0.5) is 15.8 Å². The standard InChI is InChI=1S/C26H30FN3O4S/c1-4-33-22-15-21(30-10-12-32-13-11-30)23(34-5-2)14-20(22)29-25(31)16-24-26(28-17(3)35-24)18-6-8-19(27)9-7-18/h6-9,14-15H,4-5,10-13,16H2,1-3H3,(H,29,31). The molecule has 0 radical (unpaired) electrons. The molecule has 3 aromatic rings. The molecular weight excluding hydrogens is 469 g/mol. The quantitative estimate of drug-likeness (QED) is 0.443. The van der Waals surface area contributed by atoms with Crippen LogP contribution in [0, 0.1) is 12.7 Å². The van der Waals surface area contributed by atoms with Crippen molar-refractivity contribution in [1.82, 2.24) is 4.98 Å². The van der Waals surface area contributed by atoms with E-state index in [1.165, 1.54) is 23.5 Å².